The van der Waals surface area contributed by atoms with E-state index in [0.717, 1.165) is 18.4 Å². The summed E-state index contributed by atoms with van der Waals surface area (Å²) in [6.07, 6.45) is 1.49. The van der Waals surface area contributed by atoms with Crippen molar-refractivity contribution < 1.29 is 4.79 Å². The summed E-state index contributed by atoms with van der Waals surface area (Å²) in [5.41, 5.74) is 7.49. The first kappa shape index (κ1) is 11.0. The van der Waals surface area contributed by atoms with E-state index in [-0.39, 0.29) is 23.6 Å². The minimum Gasteiger partial charge on any atom is -0.328 e. The normalized spacial score (nSPS) is 22.7. The van der Waals surface area contributed by atoms with Gasteiger partial charge in [0.15, 0.2) is 0 Å². The van der Waals surface area contributed by atoms with E-state index in [4.69, 9.17) is 5.73 Å². The Hall–Kier alpha value is -2.08. The number of carbonyl (C=O) groups excluding carboxylic acids is 1. The second-order valence-electron chi connectivity index (χ2n) is 4.76. The summed E-state index contributed by atoms with van der Waals surface area (Å²) in [6, 6.07) is 5.42. The number of hydrogen-bond donors (Lipinski definition) is 4. The third kappa shape index (κ3) is 1.91. The number of amides is 1. The third-order valence-electron chi connectivity index (χ3n) is 3.33. The van der Waals surface area contributed by atoms with Gasteiger partial charge in [-0.3, -0.25) is 4.79 Å². The molecule has 0 aliphatic heterocycles. The molecule has 0 saturated heterocycles. The number of anilines is 1. The maximum absolute atomic E-state index is 11.8. The standard InChI is InChI=1S/C12H14N4O2/c13-7-3-6(4-7)11(17)14-8-1-2-9-10(5-8)16-12(18)15-9/h1-2,5-7H,3-4,13H2,(H,14,17)(H2,15,16,18). The highest BCUT2D eigenvalue weighted by Gasteiger charge is 2.31. The average molecular weight is 246 g/mol. The number of carbonyl (C=O) groups is 1. The van der Waals surface area contributed by atoms with Crippen molar-refractivity contribution in [2.24, 2.45) is 11.7 Å². The number of fused-ring (bicyclic) bond motifs is 1. The Morgan fingerprint density at radius 3 is 2.72 bits per heavy atom. The van der Waals surface area contributed by atoms with Crippen molar-refractivity contribution in [3.05, 3.63) is 28.7 Å². The molecule has 6 nitrogen and oxygen atoms in total. The molecule has 0 unspecified atom stereocenters. The zero-order valence-electron chi connectivity index (χ0n) is 9.69. The van der Waals surface area contributed by atoms with Gasteiger partial charge < -0.3 is 21.0 Å². The van der Waals surface area contributed by atoms with Crippen LogP contribution in [0.5, 0.6) is 0 Å². The summed E-state index contributed by atoms with van der Waals surface area (Å²) in [6.45, 7) is 0. The van der Waals surface area contributed by atoms with E-state index >= 15 is 0 Å². The summed E-state index contributed by atoms with van der Waals surface area (Å²) in [5, 5.41) is 2.84. The SMILES string of the molecule is NC1CC(C(=O)Nc2ccc3[nH]c(=O)[nH]c3c2)C1. The first-order valence-corrected chi connectivity index (χ1v) is 5.90. The van der Waals surface area contributed by atoms with Crippen LogP contribution in [0, 0.1) is 5.92 Å². The van der Waals surface area contributed by atoms with Crippen LogP contribution >= 0.6 is 0 Å². The predicted octanol–water partition coefficient (Wildman–Crippen LogP) is 0.532. The molecule has 1 heterocycles. The molecular weight excluding hydrogens is 232 g/mol. The molecule has 1 aromatic heterocycles. The Morgan fingerprint density at radius 1 is 1.28 bits per heavy atom. The van der Waals surface area contributed by atoms with Crippen molar-refractivity contribution in [1.82, 2.24) is 9.97 Å². The van der Waals surface area contributed by atoms with E-state index in [1.165, 1.54) is 0 Å². The Bertz CT molecular complexity index is 651. The highest BCUT2D eigenvalue weighted by atomic mass is 16.2. The van der Waals surface area contributed by atoms with Crippen molar-refractivity contribution in [1.29, 1.82) is 0 Å². The lowest BCUT2D eigenvalue weighted by Gasteiger charge is -2.31. The zero-order valence-corrected chi connectivity index (χ0v) is 9.69. The first-order valence-electron chi connectivity index (χ1n) is 5.90. The fourth-order valence-corrected chi connectivity index (χ4v) is 2.23. The number of nitrogens with one attached hydrogen (secondary N) is 3. The minimum atomic E-state index is -0.251. The van der Waals surface area contributed by atoms with Crippen molar-refractivity contribution in [2.45, 2.75) is 18.9 Å². The lowest BCUT2D eigenvalue weighted by Crippen LogP contribution is -2.42. The molecule has 6 heteroatoms. The first-order chi connectivity index (χ1) is 8.61. The highest BCUT2D eigenvalue weighted by Crippen LogP contribution is 2.27. The summed E-state index contributed by atoms with van der Waals surface area (Å²) < 4.78 is 0. The van der Waals surface area contributed by atoms with Crippen LogP contribution in [0.15, 0.2) is 23.0 Å². The molecule has 1 fully saturated rings. The molecule has 3 rings (SSSR count). The van der Waals surface area contributed by atoms with E-state index in [9.17, 15) is 9.59 Å². The molecule has 94 valence electrons. The van der Waals surface area contributed by atoms with Gasteiger partial charge >= 0.3 is 5.69 Å². The second-order valence-corrected chi connectivity index (χ2v) is 4.76. The molecule has 0 atom stereocenters. The molecule has 2 aromatic rings. The highest BCUT2D eigenvalue weighted by molar-refractivity contribution is 5.95. The van der Waals surface area contributed by atoms with Crippen molar-refractivity contribution in [3.63, 3.8) is 0 Å². The molecule has 5 N–H and O–H groups in total. The fraction of sp³-hybridized carbons (Fsp3) is 0.333. The van der Waals surface area contributed by atoms with Crippen LogP contribution in [-0.4, -0.2) is 21.9 Å². The lowest BCUT2D eigenvalue weighted by molar-refractivity contribution is -0.122. The largest absolute Gasteiger partial charge is 0.328 e. The molecule has 1 saturated carbocycles. The number of aromatic nitrogens is 2. The van der Waals surface area contributed by atoms with Crippen molar-refractivity contribution >= 4 is 22.6 Å². The molecule has 1 aromatic carbocycles. The van der Waals surface area contributed by atoms with Gasteiger partial charge in [0.2, 0.25) is 5.91 Å². The van der Waals surface area contributed by atoms with Gasteiger partial charge in [-0.2, -0.15) is 0 Å². The zero-order chi connectivity index (χ0) is 12.7. The van der Waals surface area contributed by atoms with Gasteiger partial charge in [0.05, 0.1) is 11.0 Å². The molecule has 0 spiro atoms. The quantitative estimate of drug-likeness (QED) is 0.621. The van der Waals surface area contributed by atoms with E-state index in [0.29, 0.717) is 11.2 Å². The van der Waals surface area contributed by atoms with Crippen LogP contribution in [0.2, 0.25) is 0 Å². The molecule has 0 bridgehead atoms. The summed E-state index contributed by atoms with van der Waals surface area (Å²) in [5.74, 6) is 0.00917. The van der Waals surface area contributed by atoms with Gasteiger partial charge in [-0.15, -0.1) is 0 Å². The summed E-state index contributed by atoms with van der Waals surface area (Å²) >= 11 is 0. The van der Waals surface area contributed by atoms with Crippen LogP contribution in [0.25, 0.3) is 11.0 Å². The van der Waals surface area contributed by atoms with E-state index < -0.39 is 0 Å². The topological polar surface area (TPSA) is 104 Å². The number of imidazole rings is 1. The molecule has 18 heavy (non-hydrogen) atoms. The van der Waals surface area contributed by atoms with Crippen molar-refractivity contribution in [2.75, 3.05) is 5.32 Å². The van der Waals surface area contributed by atoms with Gasteiger partial charge in [-0.25, -0.2) is 4.79 Å². The van der Waals surface area contributed by atoms with Gasteiger partial charge in [-0.05, 0) is 31.0 Å². The summed E-state index contributed by atoms with van der Waals surface area (Å²) in [4.78, 5) is 28.2. The maximum Gasteiger partial charge on any atom is 0.323 e. The Labute approximate surface area is 103 Å². The monoisotopic (exact) mass is 246 g/mol. The molecule has 1 aliphatic rings. The molecule has 1 amide bonds. The van der Waals surface area contributed by atoms with Gasteiger partial charge in [0, 0.05) is 17.6 Å². The number of rotatable bonds is 2. The van der Waals surface area contributed by atoms with Crippen LogP contribution < -0.4 is 16.7 Å². The molecular formula is C12H14N4O2. The van der Waals surface area contributed by atoms with E-state index in [2.05, 4.69) is 15.3 Å². The van der Waals surface area contributed by atoms with E-state index in [1.54, 1.807) is 18.2 Å². The third-order valence-corrected chi connectivity index (χ3v) is 3.33. The van der Waals surface area contributed by atoms with Crippen LogP contribution in [0.1, 0.15) is 12.8 Å². The van der Waals surface area contributed by atoms with Crippen LogP contribution in [0.4, 0.5) is 5.69 Å². The van der Waals surface area contributed by atoms with Gasteiger partial charge in [0.25, 0.3) is 0 Å². The minimum absolute atomic E-state index is 0.00562. The Kier molecular flexibility index (Phi) is 2.45. The second kappa shape index (κ2) is 3.99. The number of hydrogen-bond acceptors (Lipinski definition) is 3. The average Bonchev–Trinajstić information content (AvgIpc) is 2.64. The number of benzene rings is 1. The van der Waals surface area contributed by atoms with Crippen LogP contribution in [-0.2, 0) is 4.79 Å². The smallest absolute Gasteiger partial charge is 0.323 e. The molecule has 1 aliphatic carbocycles. The Balaban J connectivity index is 1.78. The summed E-state index contributed by atoms with van der Waals surface area (Å²) in [7, 11) is 0. The fourth-order valence-electron chi connectivity index (χ4n) is 2.23. The van der Waals surface area contributed by atoms with Gasteiger partial charge in [0.1, 0.15) is 0 Å². The lowest BCUT2D eigenvalue weighted by atomic mass is 9.80. The predicted molar refractivity (Wildman–Crippen MR) is 68.2 cm³/mol. The van der Waals surface area contributed by atoms with Crippen LogP contribution in [0.3, 0.4) is 0 Å². The Morgan fingerprint density at radius 2 is 2.00 bits per heavy atom. The van der Waals surface area contributed by atoms with Crippen molar-refractivity contribution in [3.8, 4) is 0 Å². The maximum atomic E-state index is 11.8. The number of aromatic amines is 2. The molecule has 0 radical (unpaired) electrons. The number of nitrogens with two attached hydrogens (primary N) is 1. The van der Waals surface area contributed by atoms with Gasteiger partial charge in [-0.1, -0.05) is 0 Å². The number of H-pyrrole nitrogens is 2. The van der Waals surface area contributed by atoms with E-state index in [1.807, 2.05) is 0 Å².